The van der Waals surface area contributed by atoms with E-state index in [1.165, 1.54) is 13.8 Å². The molecule has 1 aromatic carbocycles. The number of carbonyl (C=O) groups excluding carboxylic acids is 2. The van der Waals surface area contributed by atoms with Gasteiger partial charge in [0.05, 0.1) is 12.2 Å². The SMILES string of the molecule is CC(=O)O[Si](CC1CCC2OC2C1)(OC(C)=O)c1ccccc1. The van der Waals surface area contributed by atoms with Crippen molar-refractivity contribution in [1.82, 2.24) is 0 Å². The second kappa shape index (κ2) is 6.45. The van der Waals surface area contributed by atoms with Crippen molar-refractivity contribution in [2.45, 2.75) is 51.4 Å². The predicted octanol–water partition coefficient (Wildman–Crippen LogP) is 2.03. The van der Waals surface area contributed by atoms with Crippen molar-refractivity contribution in [3.63, 3.8) is 0 Å². The van der Waals surface area contributed by atoms with Crippen LogP contribution in [-0.4, -0.2) is 32.7 Å². The van der Waals surface area contributed by atoms with Crippen LogP contribution in [-0.2, 0) is 23.2 Å². The molecule has 6 heteroatoms. The van der Waals surface area contributed by atoms with Gasteiger partial charge in [-0.3, -0.25) is 9.59 Å². The molecule has 1 saturated carbocycles. The highest BCUT2D eigenvalue weighted by atomic mass is 28.4. The van der Waals surface area contributed by atoms with Gasteiger partial charge in [0.25, 0.3) is 11.9 Å². The second-order valence-corrected chi connectivity index (χ2v) is 9.30. The van der Waals surface area contributed by atoms with Gasteiger partial charge in [-0.15, -0.1) is 0 Å². The minimum absolute atomic E-state index is 0.339. The minimum atomic E-state index is -3.15. The molecular weight excluding hydrogens is 312 g/mol. The lowest BCUT2D eigenvalue weighted by Gasteiger charge is -2.32. The Morgan fingerprint density at radius 2 is 1.74 bits per heavy atom. The molecule has 23 heavy (non-hydrogen) atoms. The molecule has 0 amide bonds. The molecule has 0 spiro atoms. The second-order valence-electron chi connectivity index (χ2n) is 6.40. The molecule has 1 saturated heterocycles. The number of hydrogen-bond acceptors (Lipinski definition) is 5. The average molecular weight is 334 g/mol. The smallest absolute Gasteiger partial charge is 0.482 e. The molecule has 0 bridgehead atoms. The summed E-state index contributed by atoms with van der Waals surface area (Å²) in [5.41, 5.74) is 0. The van der Waals surface area contributed by atoms with Crippen molar-refractivity contribution in [1.29, 1.82) is 0 Å². The molecule has 3 atom stereocenters. The van der Waals surface area contributed by atoms with Crippen LogP contribution in [0.4, 0.5) is 0 Å². The Morgan fingerprint density at radius 1 is 1.09 bits per heavy atom. The number of hydrogen-bond donors (Lipinski definition) is 0. The van der Waals surface area contributed by atoms with Gasteiger partial charge in [-0.25, -0.2) is 0 Å². The first-order chi connectivity index (χ1) is 11.0. The molecule has 5 nitrogen and oxygen atoms in total. The lowest BCUT2D eigenvalue weighted by Crippen LogP contribution is -2.57. The highest BCUT2D eigenvalue weighted by Crippen LogP contribution is 2.42. The summed E-state index contributed by atoms with van der Waals surface area (Å²) in [5.74, 6) is -0.458. The molecule has 1 aliphatic heterocycles. The van der Waals surface area contributed by atoms with Crippen molar-refractivity contribution in [3.05, 3.63) is 30.3 Å². The monoisotopic (exact) mass is 334 g/mol. The van der Waals surface area contributed by atoms with E-state index in [-0.39, 0.29) is 0 Å². The zero-order valence-corrected chi connectivity index (χ0v) is 14.5. The first-order valence-electron chi connectivity index (χ1n) is 8.08. The fraction of sp³-hybridized carbons (Fsp3) is 0.529. The van der Waals surface area contributed by atoms with Crippen molar-refractivity contribution >= 4 is 25.7 Å². The van der Waals surface area contributed by atoms with Gasteiger partial charge in [0.1, 0.15) is 0 Å². The summed E-state index contributed by atoms with van der Waals surface area (Å²) in [6, 6.07) is 10.0. The maximum atomic E-state index is 11.7. The Balaban J connectivity index is 1.88. The third-order valence-electron chi connectivity index (χ3n) is 4.50. The van der Waals surface area contributed by atoms with Crippen LogP contribution in [0.25, 0.3) is 0 Å². The van der Waals surface area contributed by atoms with Crippen LogP contribution in [0.5, 0.6) is 0 Å². The van der Waals surface area contributed by atoms with E-state index in [1.807, 2.05) is 30.3 Å². The van der Waals surface area contributed by atoms with E-state index in [0.717, 1.165) is 24.4 Å². The Labute approximate surface area is 137 Å². The van der Waals surface area contributed by atoms with E-state index < -0.39 is 20.5 Å². The summed E-state index contributed by atoms with van der Waals surface area (Å²) < 4.78 is 17.0. The summed E-state index contributed by atoms with van der Waals surface area (Å²) >= 11 is 0. The van der Waals surface area contributed by atoms with E-state index in [2.05, 4.69) is 0 Å². The Kier molecular flexibility index (Phi) is 4.54. The number of benzene rings is 1. The molecule has 0 radical (unpaired) electrons. The maximum Gasteiger partial charge on any atom is 0.499 e. The number of ether oxygens (including phenoxy) is 1. The highest BCUT2D eigenvalue weighted by molar-refractivity contribution is 6.83. The van der Waals surface area contributed by atoms with Gasteiger partial charge < -0.3 is 13.6 Å². The summed E-state index contributed by atoms with van der Waals surface area (Å²) in [4.78, 5) is 23.4. The summed E-state index contributed by atoms with van der Waals surface area (Å²) in [6.07, 6.45) is 3.77. The van der Waals surface area contributed by atoms with Gasteiger partial charge in [-0.05, 0) is 25.2 Å². The van der Waals surface area contributed by atoms with Crippen LogP contribution >= 0.6 is 0 Å². The zero-order valence-electron chi connectivity index (χ0n) is 13.5. The Bertz CT molecular complexity index is 572. The summed E-state index contributed by atoms with van der Waals surface area (Å²) in [5, 5.41) is 0.823. The summed E-state index contributed by atoms with van der Waals surface area (Å²) in [7, 11) is -3.15. The maximum absolute atomic E-state index is 11.7. The molecule has 2 aliphatic rings. The fourth-order valence-corrected chi connectivity index (χ4v) is 6.99. The topological polar surface area (TPSA) is 65.1 Å². The molecule has 3 rings (SSSR count). The van der Waals surface area contributed by atoms with Crippen molar-refractivity contribution < 1.29 is 23.2 Å². The highest BCUT2D eigenvalue weighted by Gasteiger charge is 2.52. The van der Waals surface area contributed by atoms with Crippen molar-refractivity contribution in [3.8, 4) is 0 Å². The van der Waals surface area contributed by atoms with E-state index >= 15 is 0 Å². The van der Waals surface area contributed by atoms with Gasteiger partial charge in [0.2, 0.25) is 0 Å². The third-order valence-corrected chi connectivity index (χ3v) is 8.06. The lowest BCUT2D eigenvalue weighted by atomic mass is 9.91. The van der Waals surface area contributed by atoms with Crippen molar-refractivity contribution in [2.75, 3.05) is 0 Å². The largest absolute Gasteiger partial charge is 0.499 e. The first-order valence-corrected chi connectivity index (χ1v) is 10.1. The van der Waals surface area contributed by atoms with Gasteiger partial charge in [0.15, 0.2) is 0 Å². The number of fused-ring (bicyclic) bond motifs is 1. The number of epoxide rings is 1. The fourth-order valence-electron chi connectivity index (χ4n) is 3.55. The van der Waals surface area contributed by atoms with E-state index in [0.29, 0.717) is 24.2 Å². The Hall–Kier alpha value is -1.66. The molecule has 3 unspecified atom stereocenters. The first kappa shape index (κ1) is 16.2. The van der Waals surface area contributed by atoms with Crippen LogP contribution in [0.2, 0.25) is 6.04 Å². The van der Waals surface area contributed by atoms with Gasteiger partial charge >= 0.3 is 8.56 Å². The average Bonchev–Trinajstić information content (AvgIpc) is 3.25. The minimum Gasteiger partial charge on any atom is -0.482 e. The molecule has 2 fully saturated rings. The zero-order chi connectivity index (χ0) is 16.4. The quantitative estimate of drug-likeness (QED) is 0.609. The Morgan fingerprint density at radius 3 is 2.30 bits per heavy atom. The molecule has 0 aromatic heterocycles. The normalized spacial score (nSPS) is 26.1. The van der Waals surface area contributed by atoms with Gasteiger partial charge in [-0.1, -0.05) is 30.3 Å². The van der Waals surface area contributed by atoms with Gasteiger partial charge in [0, 0.05) is 25.1 Å². The van der Waals surface area contributed by atoms with E-state index in [4.69, 9.17) is 13.6 Å². The molecule has 1 heterocycles. The van der Waals surface area contributed by atoms with E-state index in [9.17, 15) is 9.59 Å². The van der Waals surface area contributed by atoms with Crippen LogP contribution in [0.3, 0.4) is 0 Å². The van der Waals surface area contributed by atoms with E-state index in [1.54, 1.807) is 0 Å². The predicted molar refractivity (Wildman–Crippen MR) is 86.2 cm³/mol. The molecule has 1 aliphatic carbocycles. The molecule has 1 aromatic rings. The van der Waals surface area contributed by atoms with Crippen LogP contribution in [0, 0.1) is 5.92 Å². The summed E-state index contributed by atoms with van der Waals surface area (Å²) in [6.45, 7) is 2.74. The number of carbonyl (C=O) groups is 2. The molecule has 0 N–H and O–H groups in total. The standard InChI is InChI=1S/C17H22O5Si/c1-12(18)21-23(22-13(2)19,15-6-4-3-5-7-15)11-14-8-9-16-17(10-14)20-16/h3-7,14,16-17H,8-11H2,1-2H3. The molecular formula is C17H22O5Si. The van der Waals surface area contributed by atoms with Crippen LogP contribution < -0.4 is 5.19 Å². The van der Waals surface area contributed by atoms with Crippen LogP contribution in [0.15, 0.2) is 30.3 Å². The van der Waals surface area contributed by atoms with Crippen LogP contribution in [0.1, 0.15) is 33.1 Å². The van der Waals surface area contributed by atoms with Crippen molar-refractivity contribution in [2.24, 2.45) is 5.92 Å². The van der Waals surface area contributed by atoms with Gasteiger partial charge in [-0.2, -0.15) is 0 Å². The number of rotatable bonds is 5. The third kappa shape index (κ3) is 3.82. The molecule has 124 valence electrons. The lowest BCUT2D eigenvalue weighted by molar-refractivity contribution is -0.138.